The van der Waals surface area contributed by atoms with Crippen LogP contribution < -0.4 is 10.6 Å². The van der Waals surface area contributed by atoms with Gasteiger partial charge < -0.3 is 20.3 Å². The van der Waals surface area contributed by atoms with Gasteiger partial charge >= 0.3 is 6.09 Å². The molecule has 0 bridgehead atoms. The Kier molecular flexibility index (Phi) is 10.0. The minimum absolute atomic E-state index is 0. The predicted molar refractivity (Wildman–Crippen MR) is 117 cm³/mol. The van der Waals surface area contributed by atoms with Crippen molar-refractivity contribution in [3.05, 3.63) is 0 Å². The molecule has 7 heteroatoms. The van der Waals surface area contributed by atoms with Gasteiger partial charge in [-0.1, -0.05) is 12.8 Å². The molecule has 1 amide bonds. The predicted octanol–water partition coefficient (Wildman–Crippen LogP) is 3.75. The zero-order chi connectivity index (χ0) is 18.3. The monoisotopic (exact) mass is 480 g/mol. The number of piperidine rings is 1. The lowest BCUT2D eigenvalue weighted by molar-refractivity contribution is 0.0170. The quantitative estimate of drug-likeness (QED) is 0.366. The zero-order valence-electron chi connectivity index (χ0n) is 16.8. The lowest BCUT2D eigenvalue weighted by Crippen LogP contribution is -2.45. The smallest absolute Gasteiger partial charge is 0.410 e. The summed E-state index contributed by atoms with van der Waals surface area (Å²) in [5, 5.41) is 6.90. The van der Waals surface area contributed by atoms with Crippen molar-refractivity contribution in [1.29, 1.82) is 0 Å². The first-order valence-corrected chi connectivity index (χ1v) is 9.90. The molecule has 0 aromatic heterocycles. The molecule has 1 heterocycles. The molecule has 2 fully saturated rings. The van der Waals surface area contributed by atoms with Crippen LogP contribution in [0.2, 0.25) is 0 Å². The molecule has 26 heavy (non-hydrogen) atoms. The van der Waals surface area contributed by atoms with Crippen LogP contribution in [0.3, 0.4) is 0 Å². The summed E-state index contributed by atoms with van der Waals surface area (Å²) in [4.78, 5) is 18.9. The number of amides is 1. The molecule has 1 unspecified atom stereocenters. The van der Waals surface area contributed by atoms with Crippen molar-refractivity contribution in [3.63, 3.8) is 0 Å². The van der Waals surface area contributed by atoms with Crippen LogP contribution in [0.1, 0.15) is 66.2 Å². The molecule has 0 radical (unpaired) electrons. The number of halogens is 1. The summed E-state index contributed by atoms with van der Waals surface area (Å²) in [5.41, 5.74) is -0.439. The van der Waals surface area contributed by atoms with Crippen LogP contribution in [0.4, 0.5) is 4.79 Å². The van der Waals surface area contributed by atoms with Gasteiger partial charge in [-0.2, -0.15) is 0 Å². The van der Waals surface area contributed by atoms with Gasteiger partial charge in [0.1, 0.15) is 5.60 Å². The number of rotatable bonds is 4. The number of carbonyl (C=O) groups is 1. The fourth-order valence-corrected chi connectivity index (χ4v) is 3.51. The van der Waals surface area contributed by atoms with Crippen molar-refractivity contribution in [3.8, 4) is 0 Å². The molecule has 152 valence electrons. The van der Waals surface area contributed by atoms with Crippen LogP contribution >= 0.6 is 24.0 Å². The van der Waals surface area contributed by atoms with Gasteiger partial charge in [-0.25, -0.2) is 4.79 Å². The maximum atomic E-state index is 12.3. The van der Waals surface area contributed by atoms with E-state index in [4.69, 9.17) is 9.73 Å². The van der Waals surface area contributed by atoms with Gasteiger partial charge in [0.15, 0.2) is 5.96 Å². The second kappa shape index (κ2) is 11.2. The summed E-state index contributed by atoms with van der Waals surface area (Å²) in [7, 11) is 0. The Bertz CT molecular complexity index is 459. The highest BCUT2D eigenvalue weighted by Crippen LogP contribution is 2.20. The van der Waals surface area contributed by atoms with E-state index in [2.05, 4.69) is 17.6 Å². The Morgan fingerprint density at radius 2 is 1.88 bits per heavy atom. The van der Waals surface area contributed by atoms with Crippen LogP contribution in [0, 0.1) is 5.92 Å². The number of nitrogens with zero attached hydrogens (tertiary/aromatic N) is 2. The average molecular weight is 480 g/mol. The van der Waals surface area contributed by atoms with Gasteiger partial charge in [0.05, 0.1) is 0 Å². The summed E-state index contributed by atoms with van der Waals surface area (Å²) >= 11 is 0. The first kappa shape index (κ1) is 23.3. The summed E-state index contributed by atoms with van der Waals surface area (Å²) in [5.74, 6) is 1.32. The number of carbonyl (C=O) groups excluding carboxylic acids is 1. The van der Waals surface area contributed by atoms with Gasteiger partial charge in [-0.3, -0.25) is 4.99 Å². The van der Waals surface area contributed by atoms with Crippen molar-refractivity contribution in [2.45, 2.75) is 77.9 Å². The second-order valence-electron chi connectivity index (χ2n) is 8.28. The third kappa shape index (κ3) is 8.31. The zero-order valence-corrected chi connectivity index (χ0v) is 19.2. The molecule has 1 saturated carbocycles. The SMILES string of the molecule is CCNC(=NCC1CCCN(C(=O)OC(C)(C)C)C1)NC1CCCC1.I. The Morgan fingerprint density at radius 3 is 2.50 bits per heavy atom. The number of hydrogen-bond acceptors (Lipinski definition) is 3. The van der Waals surface area contributed by atoms with E-state index in [1.165, 1.54) is 25.7 Å². The normalized spacial score (nSPS) is 21.9. The van der Waals surface area contributed by atoms with Crippen molar-refractivity contribution in [2.24, 2.45) is 10.9 Å². The highest BCUT2D eigenvalue weighted by molar-refractivity contribution is 14.0. The van der Waals surface area contributed by atoms with E-state index < -0.39 is 5.60 Å². The van der Waals surface area contributed by atoms with E-state index >= 15 is 0 Å². The van der Waals surface area contributed by atoms with Crippen LogP contribution in [-0.2, 0) is 4.74 Å². The molecule has 0 aromatic rings. The van der Waals surface area contributed by atoms with E-state index in [0.29, 0.717) is 12.0 Å². The topological polar surface area (TPSA) is 66.0 Å². The highest BCUT2D eigenvalue weighted by atomic mass is 127. The van der Waals surface area contributed by atoms with Crippen molar-refractivity contribution in [1.82, 2.24) is 15.5 Å². The van der Waals surface area contributed by atoms with Crippen LogP contribution in [0.5, 0.6) is 0 Å². The Labute approximate surface area is 175 Å². The van der Waals surface area contributed by atoms with Gasteiger partial charge in [-0.15, -0.1) is 24.0 Å². The van der Waals surface area contributed by atoms with E-state index in [1.54, 1.807) is 0 Å². The lowest BCUT2D eigenvalue weighted by Gasteiger charge is -2.33. The Hall–Kier alpha value is -0.730. The number of guanidine groups is 1. The fraction of sp³-hybridized carbons (Fsp3) is 0.895. The van der Waals surface area contributed by atoms with Gasteiger partial charge in [0, 0.05) is 32.2 Å². The van der Waals surface area contributed by atoms with Crippen molar-refractivity contribution >= 4 is 36.0 Å². The number of ether oxygens (including phenoxy) is 1. The first-order chi connectivity index (χ1) is 11.9. The van der Waals surface area contributed by atoms with Gasteiger partial charge in [0.2, 0.25) is 0 Å². The minimum Gasteiger partial charge on any atom is -0.444 e. The summed E-state index contributed by atoms with van der Waals surface area (Å²) in [6, 6.07) is 0.558. The molecule has 2 aliphatic rings. The standard InChI is InChI=1S/C19H36N4O2.HI/c1-5-20-17(22-16-10-6-7-11-16)21-13-15-9-8-12-23(14-15)18(24)25-19(2,3)4;/h15-16H,5-14H2,1-4H3,(H2,20,21,22);1H. The third-order valence-corrected chi connectivity index (χ3v) is 4.72. The molecule has 2 N–H and O–H groups in total. The van der Waals surface area contributed by atoms with Crippen LogP contribution in [0.15, 0.2) is 4.99 Å². The van der Waals surface area contributed by atoms with Crippen LogP contribution in [0.25, 0.3) is 0 Å². The van der Waals surface area contributed by atoms with E-state index in [1.807, 2.05) is 25.7 Å². The summed E-state index contributed by atoms with van der Waals surface area (Å²) < 4.78 is 5.50. The first-order valence-electron chi connectivity index (χ1n) is 9.90. The fourth-order valence-electron chi connectivity index (χ4n) is 3.51. The van der Waals surface area contributed by atoms with Gasteiger partial charge in [0.25, 0.3) is 0 Å². The lowest BCUT2D eigenvalue weighted by atomic mass is 9.98. The Morgan fingerprint density at radius 1 is 1.19 bits per heavy atom. The number of aliphatic imine (C=N–C) groups is 1. The van der Waals surface area contributed by atoms with Crippen molar-refractivity contribution < 1.29 is 9.53 Å². The van der Waals surface area contributed by atoms with E-state index in [-0.39, 0.29) is 30.1 Å². The molecule has 1 aliphatic heterocycles. The number of hydrogen-bond donors (Lipinski definition) is 2. The third-order valence-electron chi connectivity index (χ3n) is 4.72. The van der Waals surface area contributed by atoms with Crippen LogP contribution in [-0.4, -0.2) is 54.8 Å². The van der Waals surface area contributed by atoms with E-state index in [9.17, 15) is 4.79 Å². The number of nitrogens with one attached hydrogen (secondary N) is 2. The second-order valence-corrected chi connectivity index (χ2v) is 8.28. The molecule has 1 aliphatic carbocycles. The molecule has 0 aromatic carbocycles. The molecule has 2 rings (SSSR count). The Balaban J connectivity index is 0.00000338. The molecule has 6 nitrogen and oxygen atoms in total. The molecular formula is C19H37IN4O2. The maximum Gasteiger partial charge on any atom is 0.410 e. The maximum absolute atomic E-state index is 12.3. The van der Waals surface area contributed by atoms with E-state index in [0.717, 1.165) is 45.0 Å². The van der Waals surface area contributed by atoms with Crippen molar-refractivity contribution in [2.75, 3.05) is 26.2 Å². The largest absolute Gasteiger partial charge is 0.444 e. The summed E-state index contributed by atoms with van der Waals surface area (Å²) in [6.07, 6.45) is 7.03. The average Bonchev–Trinajstić information content (AvgIpc) is 3.04. The van der Waals surface area contributed by atoms with Gasteiger partial charge in [-0.05, 0) is 59.3 Å². The molecule has 1 atom stereocenters. The summed E-state index contributed by atoms with van der Waals surface area (Å²) in [6.45, 7) is 11.0. The minimum atomic E-state index is -0.439. The molecule has 0 spiro atoms. The number of likely N-dealkylation sites (tertiary alicyclic amines) is 1. The highest BCUT2D eigenvalue weighted by Gasteiger charge is 2.27. The molecule has 1 saturated heterocycles. The molecular weight excluding hydrogens is 443 g/mol.